The zero-order valence-electron chi connectivity index (χ0n) is 8.14. The Labute approximate surface area is 69.2 Å². The van der Waals surface area contributed by atoms with Gasteiger partial charge in [0.25, 0.3) is 0 Å². The second-order valence-electron chi connectivity index (χ2n) is 4.12. The SMILES string of the molecule is CC(C)C(C)C(C)(C)C(N)=O. The van der Waals surface area contributed by atoms with E-state index in [0.29, 0.717) is 11.8 Å². The van der Waals surface area contributed by atoms with Crippen molar-refractivity contribution in [2.24, 2.45) is 23.0 Å². The molecule has 0 aliphatic carbocycles. The maximum Gasteiger partial charge on any atom is 0.223 e. The van der Waals surface area contributed by atoms with E-state index < -0.39 is 0 Å². The summed E-state index contributed by atoms with van der Waals surface area (Å²) in [6, 6.07) is 0. The monoisotopic (exact) mass is 157 g/mol. The third-order valence-corrected chi connectivity index (χ3v) is 2.77. The van der Waals surface area contributed by atoms with Crippen LogP contribution in [-0.4, -0.2) is 5.91 Å². The van der Waals surface area contributed by atoms with E-state index in [2.05, 4.69) is 20.8 Å². The molecule has 0 aliphatic rings. The highest BCUT2D eigenvalue weighted by Gasteiger charge is 2.33. The molecular formula is C9H19NO. The number of amides is 1. The lowest BCUT2D eigenvalue weighted by Crippen LogP contribution is -2.39. The Kier molecular flexibility index (Phi) is 3.09. The molecule has 0 bridgehead atoms. The van der Waals surface area contributed by atoms with Gasteiger partial charge in [0.1, 0.15) is 0 Å². The normalized spacial score (nSPS) is 15.1. The molecule has 0 aromatic carbocycles. The van der Waals surface area contributed by atoms with Crippen LogP contribution in [0.5, 0.6) is 0 Å². The lowest BCUT2D eigenvalue weighted by atomic mass is 9.74. The van der Waals surface area contributed by atoms with Crippen molar-refractivity contribution in [2.45, 2.75) is 34.6 Å². The van der Waals surface area contributed by atoms with Gasteiger partial charge in [-0.25, -0.2) is 0 Å². The second kappa shape index (κ2) is 3.24. The van der Waals surface area contributed by atoms with Gasteiger partial charge in [-0.15, -0.1) is 0 Å². The van der Waals surface area contributed by atoms with Crippen LogP contribution in [0.4, 0.5) is 0 Å². The minimum Gasteiger partial charge on any atom is -0.369 e. The molecule has 1 amide bonds. The van der Waals surface area contributed by atoms with Gasteiger partial charge >= 0.3 is 0 Å². The van der Waals surface area contributed by atoms with Gasteiger partial charge in [0, 0.05) is 5.41 Å². The predicted octanol–water partition coefficient (Wildman–Crippen LogP) is 1.79. The summed E-state index contributed by atoms with van der Waals surface area (Å²) in [6.07, 6.45) is 0. The van der Waals surface area contributed by atoms with Crippen molar-refractivity contribution in [1.29, 1.82) is 0 Å². The van der Waals surface area contributed by atoms with Crippen LogP contribution < -0.4 is 5.73 Å². The molecule has 0 fully saturated rings. The standard InChI is InChI=1S/C9H19NO/c1-6(2)7(3)9(4,5)8(10)11/h6-7H,1-5H3,(H2,10,11). The quantitative estimate of drug-likeness (QED) is 0.666. The van der Waals surface area contributed by atoms with Crippen molar-refractivity contribution >= 4 is 5.91 Å². The van der Waals surface area contributed by atoms with Gasteiger partial charge in [0.15, 0.2) is 0 Å². The van der Waals surface area contributed by atoms with Crippen LogP contribution in [0.25, 0.3) is 0 Å². The largest absolute Gasteiger partial charge is 0.369 e. The third-order valence-electron chi connectivity index (χ3n) is 2.77. The average Bonchev–Trinajstić information content (AvgIpc) is 1.85. The molecule has 0 saturated carbocycles. The zero-order chi connectivity index (χ0) is 9.23. The molecule has 66 valence electrons. The Balaban J connectivity index is 4.42. The molecule has 0 aromatic heterocycles. The van der Waals surface area contributed by atoms with Gasteiger partial charge in [-0.3, -0.25) is 4.79 Å². The first-order valence-electron chi connectivity index (χ1n) is 4.10. The summed E-state index contributed by atoms with van der Waals surface area (Å²) >= 11 is 0. The summed E-state index contributed by atoms with van der Waals surface area (Å²) < 4.78 is 0. The molecular weight excluding hydrogens is 138 g/mol. The highest BCUT2D eigenvalue weighted by atomic mass is 16.1. The van der Waals surface area contributed by atoms with Crippen LogP contribution in [0.15, 0.2) is 0 Å². The molecule has 0 saturated heterocycles. The first kappa shape index (κ1) is 10.5. The smallest absolute Gasteiger partial charge is 0.223 e. The van der Waals surface area contributed by atoms with Gasteiger partial charge in [0.2, 0.25) is 5.91 Å². The van der Waals surface area contributed by atoms with E-state index in [9.17, 15) is 4.79 Å². The number of nitrogens with two attached hydrogens (primary N) is 1. The lowest BCUT2D eigenvalue weighted by molar-refractivity contribution is -0.129. The molecule has 0 heterocycles. The van der Waals surface area contributed by atoms with E-state index in [0.717, 1.165) is 0 Å². The highest BCUT2D eigenvalue weighted by molar-refractivity contribution is 5.80. The maximum absolute atomic E-state index is 11.0. The van der Waals surface area contributed by atoms with Crippen molar-refractivity contribution in [1.82, 2.24) is 0 Å². The van der Waals surface area contributed by atoms with Gasteiger partial charge in [-0.2, -0.15) is 0 Å². The summed E-state index contributed by atoms with van der Waals surface area (Å²) in [6.45, 7) is 10.1. The van der Waals surface area contributed by atoms with E-state index in [1.807, 2.05) is 13.8 Å². The molecule has 0 radical (unpaired) electrons. The lowest BCUT2D eigenvalue weighted by Gasteiger charge is -2.31. The van der Waals surface area contributed by atoms with Crippen LogP contribution in [-0.2, 0) is 4.79 Å². The molecule has 0 rings (SSSR count). The van der Waals surface area contributed by atoms with Crippen molar-refractivity contribution in [3.05, 3.63) is 0 Å². The van der Waals surface area contributed by atoms with Gasteiger partial charge in [-0.1, -0.05) is 34.6 Å². The summed E-state index contributed by atoms with van der Waals surface area (Å²) in [7, 11) is 0. The minimum absolute atomic E-state index is 0.210. The van der Waals surface area contributed by atoms with E-state index in [1.165, 1.54) is 0 Å². The number of primary amides is 1. The third kappa shape index (κ3) is 2.21. The van der Waals surface area contributed by atoms with Crippen LogP contribution in [0.3, 0.4) is 0 Å². The van der Waals surface area contributed by atoms with Crippen LogP contribution in [0.1, 0.15) is 34.6 Å². The van der Waals surface area contributed by atoms with Crippen LogP contribution in [0, 0.1) is 17.3 Å². The first-order chi connectivity index (χ1) is 4.80. The Morgan fingerprint density at radius 1 is 1.27 bits per heavy atom. The molecule has 11 heavy (non-hydrogen) atoms. The van der Waals surface area contributed by atoms with Gasteiger partial charge in [-0.05, 0) is 11.8 Å². The molecule has 1 atom stereocenters. The Hall–Kier alpha value is -0.530. The highest BCUT2D eigenvalue weighted by Crippen LogP contribution is 2.31. The fourth-order valence-electron chi connectivity index (χ4n) is 1.06. The van der Waals surface area contributed by atoms with Gasteiger partial charge in [0.05, 0.1) is 0 Å². The summed E-state index contributed by atoms with van der Waals surface area (Å²) in [4.78, 5) is 11.0. The van der Waals surface area contributed by atoms with Gasteiger partial charge < -0.3 is 5.73 Å². The van der Waals surface area contributed by atoms with Crippen molar-refractivity contribution in [3.8, 4) is 0 Å². The number of hydrogen-bond acceptors (Lipinski definition) is 1. The van der Waals surface area contributed by atoms with Crippen LogP contribution >= 0.6 is 0 Å². The first-order valence-corrected chi connectivity index (χ1v) is 4.10. The Bertz CT molecular complexity index is 150. The topological polar surface area (TPSA) is 43.1 Å². The van der Waals surface area contributed by atoms with Crippen molar-refractivity contribution in [3.63, 3.8) is 0 Å². The molecule has 0 aromatic rings. The number of hydrogen-bond donors (Lipinski definition) is 1. The predicted molar refractivity (Wildman–Crippen MR) is 47.0 cm³/mol. The minimum atomic E-state index is -0.381. The van der Waals surface area contributed by atoms with Crippen LogP contribution in [0.2, 0.25) is 0 Å². The Morgan fingerprint density at radius 3 is 1.73 bits per heavy atom. The molecule has 0 aliphatic heterocycles. The van der Waals surface area contributed by atoms with Crippen molar-refractivity contribution < 1.29 is 4.79 Å². The molecule has 2 N–H and O–H groups in total. The number of rotatable bonds is 3. The van der Waals surface area contributed by atoms with E-state index in [4.69, 9.17) is 5.73 Å². The molecule has 0 spiro atoms. The maximum atomic E-state index is 11.0. The summed E-state index contributed by atoms with van der Waals surface area (Å²) in [5, 5.41) is 0. The number of carbonyl (C=O) groups excluding carboxylic acids is 1. The van der Waals surface area contributed by atoms with E-state index >= 15 is 0 Å². The summed E-state index contributed by atoms with van der Waals surface area (Å²) in [5.74, 6) is 0.621. The molecule has 1 unspecified atom stereocenters. The number of carbonyl (C=O) groups is 1. The molecule has 2 nitrogen and oxygen atoms in total. The van der Waals surface area contributed by atoms with Crippen molar-refractivity contribution in [2.75, 3.05) is 0 Å². The molecule has 2 heteroatoms. The second-order valence-corrected chi connectivity index (χ2v) is 4.12. The van der Waals surface area contributed by atoms with E-state index in [1.54, 1.807) is 0 Å². The fraction of sp³-hybridized carbons (Fsp3) is 0.889. The summed E-state index contributed by atoms with van der Waals surface area (Å²) in [5.41, 5.74) is 4.89. The average molecular weight is 157 g/mol. The zero-order valence-corrected chi connectivity index (χ0v) is 8.14. The Morgan fingerprint density at radius 2 is 1.64 bits per heavy atom. The fourth-order valence-corrected chi connectivity index (χ4v) is 1.06. The van der Waals surface area contributed by atoms with E-state index in [-0.39, 0.29) is 11.3 Å².